The summed E-state index contributed by atoms with van der Waals surface area (Å²) in [6.07, 6.45) is 5.84. The summed E-state index contributed by atoms with van der Waals surface area (Å²) in [5, 5.41) is 1.06. The molecule has 2 aromatic carbocycles. The van der Waals surface area contributed by atoms with Gasteiger partial charge in [-0.2, -0.15) is 0 Å². The number of hydrogen-bond acceptors (Lipinski definition) is 4. The van der Waals surface area contributed by atoms with Crippen molar-refractivity contribution < 1.29 is 9.53 Å². The third-order valence-corrected chi connectivity index (χ3v) is 7.03. The number of thiazole rings is 1. The average Bonchev–Trinajstić information content (AvgIpc) is 3.21. The second-order valence-electron chi connectivity index (χ2n) is 8.02. The highest BCUT2D eigenvalue weighted by Gasteiger charge is 2.22. The molecular weight excluding hydrogens is 392 g/mol. The topological polar surface area (TPSA) is 42.4 Å². The van der Waals surface area contributed by atoms with Crippen molar-refractivity contribution in [3.05, 3.63) is 59.1 Å². The molecule has 158 valence electrons. The van der Waals surface area contributed by atoms with Crippen LogP contribution in [0, 0.1) is 5.92 Å². The molecule has 1 aliphatic heterocycles. The normalized spacial score (nSPS) is 14.9. The van der Waals surface area contributed by atoms with Crippen LogP contribution in [-0.4, -0.2) is 35.5 Å². The molecule has 1 aromatic heterocycles. The molecule has 0 bridgehead atoms. The lowest BCUT2D eigenvalue weighted by Gasteiger charge is -2.32. The number of rotatable bonds is 8. The Morgan fingerprint density at radius 1 is 1.10 bits per heavy atom. The minimum Gasteiger partial charge on any atom is -0.494 e. The number of carbonyl (C=O) groups is 1. The number of ether oxygens (including phenoxy) is 1. The molecule has 3 aromatic rings. The molecule has 5 heteroatoms. The zero-order valence-electron chi connectivity index (χ0n) is 17.7. The maximum atomic E-state index is 12.6. The molecule has 1 aliphatic rings. The Hall–Kier alpha value is -2.40. The Kier molecular flexibility index (Phi) is 7.00. The van der Waals surface area contributed by atoms with E-state index in [2.05, 4.69) is 40.2 Å². The van der Waals surface area contributed by atoms with Gasteiger partial charge in [-0.15, -0.1) is 11.3 Å². The summed E-state index contributed by atoms with van der Waals surface area (Å²) in [7, 11) is 0. The second kappa shape index (κ2) is 10.1. The molecule has 1 saturated heterocycles. The SMILES string of the molecule is CCOc1ccc(CCC2CCN(C(=O)CCc3nc4ccccc4s3)CC2)cc1. The number of carbonyl (C=O) groups excluding carboxylic acids is 1. The molecular formula is C25H30N2O2S. The molecule has 2 heterocycles. The van der Waals surface area contributed by atoms with E-state index in [0.717, 1.165) is 55.0 Å². The van der Waals surface area contributed by atoms with Crippen molar-refractivity contribution in [1.82, 2.24) is 9.88 Å². The minimum absolute atomic E-state index is 0.277. The van der Waals surface area contributed by atoms with Crippen molar-refractivity contribution >= 4 is 27.5 Å². The van der Waals surface area contributed by atoms with E-state index in [9.17, 15) is 4.79 Å². The molecule has 0 atom stereocenters. The Bertz CT molecular complexity index is 926. The molecule has 4 nitrogen and oxygen atoms in total. The predicted octanol–water partition coefficient (Wildman–Crippen LogP) is 5.50. The monoisotopic (exact) mass is 422 g/mol. The average molecular weight is 423 g/mol. The quantitative estimate of drug-likeness (QED) is 0.481. The van der Waals surface area contributed by atoms with Gasteiger partial charge in [-0.3, -0.25) is 4.79 Å². The number of para-hydroxylation sites is 1. The van der Waals surface area contributed by atoms with Gasteiger partial charge in [-0.05, 0) is 68.4 Å². The highest BCUT2D eigenvalue weighted by molar-refractivity contribution is 7.18. The smallest absolute Gasteiger partial charge is 0.222 e. The van der Waals surface area contributed by atoms with Crippen molar-refractivity contribution in [2.24, 2.45) is 5.92 Å². The number of benzene rings is 2. The van der Waals surface area contributed by atoms with Crippen LogP contribution in [0.15, 0.2) is 48.5 Å². The fourth-order valence-electron chi connectivity index (χ4n) is 4.16. The molecule has 1 fully saturated rings. The summed E-state index contributed by atoms with van der Waals surface area (Å²) < 4.78 is 6.71. The van der Waals surface area contributed by atoms with Crippen LogP contribution in [0.3, 0.4) is 0 Å². The van der Waals surface area contributed by atoms with Crippen LogP contribution in [0.2, 0.25) is 0 Å². The first-order valence-corrected chi connectivity index (χ1v) is 11.9. The molecule has 0 N–H and O–H groups in total. The molecule has 0 spiro atoms. The number of likely N-dealkylation sites (tertiary alicyclic amines) is 1. The van der Waals surface area contributed by atoms with Gasteiger partial charge < -0.3 is 9.64 Å². The standard InChI is InChI=1S/C25H30N2O2S/c1-2-29-21-11-9-19(10-12-21)7-8-20-15-17-27(18-16-20)25(28)14-13-24-26-22-5-3-4-6-23(22)30-24/h3-6,9-12,20H,2,7-8,13-18H2,1H3. The fraction of sp³-hybridized carbons (Fsp3) is 0.440. The summed E-state index contributed by atoms with van der Waals surface area (Å²) >= 11 is 1.70. The number of nitrogens with zero attached hydrogens (tertiary/aromatic N) is 2. The number of amides is 1. The number of aromatic nitrogens is 1. The molecule has 0 aliphatic carbocycles. The molecule has 0 unspecified atom stereocenters. The molecule has 1 amide bonds. The Morgan fingerprint density at radius 3 is 2.60 bits per heavy atom. The largest absolute Gasteiger partial charge is 0.494 e. The lowest BCUT2D eigenvalue weighted by atomic mass is 9.90. The van der Waals surface area contributed by atoms with Crippen LogP contribution in [0.25, 0.3) is 10.2 Å². The van der Waals surface area contributed by atoms with E-state index in [4.69, 9.17) is 4.74 Å². The van der Waals surface area contributed by atoms with E-state index in [1.165, 1.54) is 16.7 Å². The maximum Gasteiger partial charge on any atom is 0.222 e. The minimum atomic E-state index is 0.277. The van der Waals surface area contributed by atoms with Crippen LogP contribution < -0.4 is 4.74 Å². The predicted molar refractivity (Wildman–Crippen MR) is 123 cm³/mol. The highest BCUT2D eigenvalue weighted by atomic mass is 32.1. The first kappa shape index (κ1) is 20.9. The van der Waals surface area contributed by atoms with Gasteiger partial charge >= 0.3 is 0 Å². The van der Waals surface area contributed by atoms with E-state index in [1.54, 1.807) is 11.3 Å². The number of hydrogen-bond donors (Lipinski definition) is 0. The summed E-state index contributed by atoms with van der Waals surface area (Å²) in [4.78, 5) is 19.4. The van der Waals surface area contributed by atoms with E-state index < -0.39 is 0 Å². The van der Waals surface area contributed by atoms with Gasteiger partial charge in [0.2, 0.25) is 5.91 Å². The van der Waals surface area contributed by atoms with Gasteiger partial charge in [-0.25, -0.2) is 4.98 Å². The summed E-state index contributed by atoms with van der Waals surface area (Å²) in [6, 6.07) is 16.6. The third-order valence-electron chi connectivity index (χ3n) is 5.93. The Morgan fingerprint density at radius 2 is 1.87 bits per heavy atom. The molecule has 0 saturated carbocycles. The molecule has 30 heavy (non-hydrogen) atoms. The summed E-state index contributed by atoms with van der Waals surface area (Å²) in [5.41, 5.74) is 2.41. The number of piperidine rings is 1. The summed E-state index contributed by atoms with van der Waals surface area (Å²) in [5.74, 6) is 1.93. The lowest BCUT2D eigenvalue weighted by molar-refractivity contribution is -0.132. The highest BCUT2D eigenvalue weighted by Crippen LogP contribution is 2.25. The van der Waals surface area contributed by atoms with E-state index in [1.807, 2.05) is 25.1 Å². The molecule has 4 rings (SSSR count). The van der Waals surface area contributed by atoms with Gasteiger partial charge in [0.25, 0.3) is 0 Å². The van der Waals surface area contributed by atoms with Crippen LogP contribution in [0.5, 0.6) is 5.75 Å². The number of aryl methyl sites for hydroxylation is 2. The van der Waals surface area contributed by atoms with E-state index in [-0.39, 0.29) is 5.91 Å². The second-order valence-corrected chi connectivity index (χ2v) is 9.13. The van der Waals surface area contributed by atoms with Crippen molar-refractivity contribution in [2.75, 3.05) is 19.7 Å². The number of fused-ring (bicyclic) bond motifs is 1. The maximum absolute atomic E-state index is 12.6. The van der Waals surface area contributed by atoms with Gasteiger partial charge in [0.1, 0.15) is 5.75 Å². The third kappa shape index (κ3) is 5.39. The Balaban J connectivity index is 1.18. The van der Waals surface area contributed by atoms with Crippen molar-refractivity contribution in [1.29, 1.82) is 0 Å². The van der Waals surface area contributed by atoms with Gasteiger partial charge in [-0.1, -0.05) is 24.3 Å². The Labute approximate surface area is 182 Å². The van der Waals surface area contributed by atoms with Crippen molar-refractivity contribution in [3.8, 4) is 5.75 Å². The zero-order valence-corrected chi connectivity index (χ0v) is 18.5. The van der Waals surface area contributed by atoms with E-state index in [0.29, 0.717) is 18.9 Å². The van der Waals surface area contributed by atoms with Crippen LogP contribution in [0.1, 0.15) is 43.2 Å². The fourth-order valence-corrected chi connectivity index (χ4v) is 5.13. The van der Waals surface area contributed by atoms with Crippen LogP contribution >= 0.6 is 11.3 Å². The van der Waals surface area contributed by atoms with Gasteiger partial charge in [0.15, 0.2) is 0 Å². The van der Waals surface area contributed by atoms with Crippen molar-refractivity contribution in [2.45, 2.75) is 45.4 Å². The van der Waals surface area contributed by atoms with Gasteiger partial charge in [0.05, 0.1) is 21.8 Å². The first-order chi connectivity index (χ1) is 14.7. The van der Waals surface area contributed by atoms with Crippen LogP contribution in [-0.2, 0) is 17.6 Å². The lowest BCUT2D eigenvalue weighted by Crippen LogP contribution is -2.38. The zero-order chi connectivity index (χ0) is 20.8. The first-order valence-electron chi connectivity index (χ1n) is 11.0. The van der Waals surface area contributed by atoms with E-state index >= 15 is 0 Å². The molecule has 0 radical (unpaired) electrons. The van der Waals surface area contributed by atoms with Gasteiger partial charge in [0, 0.05) is 25.9 Å². The summed E-state index contributed by atoms with van der Waals surface area (Å²) in [6.45, 7) is 4.50. The van der Waals surface area contributed by atoms with Crippen LogP contribution in [0.4, 0.5) is 0 Å². The van der Waals surface area contributed by atoms with Crippen molar-refractivity contribution in [3.63, 3.8) is 0 Å².